The number of fused-ring (bicyclic) bond motifs is 1. The zero-order valence-corrected chi connectivity index (χ0v) is 18.7. The maximum Gasteiger partial charge on any atom is 0.247 e. The van der Waals surface area contributed by atoms with Gasteiger partial charge >= 0.3 is 0 Å². The predicted octanol–water partition coefficient (Wildman–Crippen LogP) is 5.18. The standard InChI is InChI=1S/C27H29N3O2/c1-18-16-30(17-28-18)25-12-9-20(15-26(25)32-2)14-22(13-19-7-8-19)27(31)29-24-11-10-21-5-3-4-6-23(21)24/h3-6,9,12,14-17,19,24H,7-8,10-11,13H2,1-2H3,(H,29,31)/b22-14+. The van der Waals surface area contributed by atoms with Gasteiger partial charge in [0.15, 0.2) is 0 Å². The molecule has 1 aromatic heterocycles. The average Bonchev–Trinajstić information content (AvgIpc) is 3.38. The maximum atomic E-state index is 13.3. The Balaban J connectivity index is 1.40. The van der Waals surface area contributed by atoms with Crippen LogP contribution in [0.15, 0.2) is 60.6 Å². The van der Waals surface area contributed by atoms with Crippen LogP contribution < -0.4 is 10.1 Å². The van der Waals surface area contributed by atoms with Crippen molar-refractivity contribution >= 4 is 12.0 Å². The quantitative estimate of drug-likeness (QED) is 0.529. The lowest BCUT2D eigenvalue weighted by Crippen LogP contribution is -2.28. The van der Waals surface area contributed by atoms with Crippen LogP contribution in [-0.2, 0) is 11.2 Å². The number of ether oxygens (including phenoxy) is 1. The summed E-state index contributed by atoms with van der Waals surface area (Å²) in [5, 5.41) is 3.31. The molecule has 1 atom stereocenters. The number of nitrogens with zero attached hydrogens (tertiary/aromatic N) is 2. The van der Waals surface area contributed by atoms with Gasteiger partial charge in [-0.15, -0.1) is 0 Å². The van der Waals surface area contributed by atoms with E-state index in [0.29, 0.717) is 5.92 Å². The van der Waals surface area contributed by atoms with Gasteiger partial charge in [-0.3, -0.25) is 4.79 Å². The van der Waals surface area contributed by atoms with Crippen molar-refractivity contribution in [2.24, 2.45) is 5.92 Å². The minimum Gasteiger partial charge on any atom is -0.495 e. The fourth-order valence-electron chi connectivity index (χ4n) is 4.56. The molecule has 2 aliphatic carbocycles. The molecule has 164 valence electrons. The van der Waals surface area contributed by atoms with Gasteiger partial charge in [0, 0.05) is 11.8 Å². The molecule has 0 radical (unpaired) electrons. The van der Waals surface area contributed by atoms with Gasteiger partial charge in [0.2, 0.25) is 5.91 Å². The highest BCUT2D eigenvalue weighted by Crippen LogP contribution is 2.37. The molecule has 0 spiro atoms. The Morgan fingerprint density at radius 2 is 2.06 bits per heavy atom. The molecular weight excluding hydrogens is 398 g/mol. The highest BCUT2D eigenvalue weighted by atomic mass is 16.5. The topological polar surface area (TPSA) is 56.1 Å². The van der Waals surface area contributed by atoms with E-state index in [1.165, 1.54) is 24.0 Å². The molecule has 1 fully saturated rings. The van der Waals surface area contributed by atoms with Crippen LogP contribution >= 0.6 is 0 Å². The molecule has 3 aromatic rings. The Bertz CT molecular complexity index is 1170. The van der Waals surface area contributed by atoms with Crippen LogP contribution in [0.5, 0.6) is 5.75 Å². The summed E-state index contributed by atoms with van der Waals surface area (Å²) >= 11 is 0. The lowest BCUT2D eigenvalue weighted by atomic mass is 10.0. The third-order valence-corrected chi connectivity index (χ3v) is 6.47. The number of rotatable bonds is 7. The summed E-state index contributed by atoms with van der Waals surface area (Å²) in [4.78, 5) is 17.6. The number of aryl methyl sites for hydroxylation is 2. The third kappa shape index (κ3) is 4.33. The van der Waals surface area contributed by atoms with E-state index < -0.39 is 0 Å². The Morgan fingerprint density at radius 1 is 1.22 bits per heavy atom. The average molecular weight is 428 g/mol. The largest absolute Gasteiger partial charge is 0.495 e. The number of amides is 1. The van der Waals surface area contributed by atoms with Crippen LogP contribution in [-0.4, -0.2) is 22.6 Å². The van der Waals surface area contributed by atoms with Crippen molar-refractivity contribution in [2.75, 3.05) is 7.11 Å². The van der Waals surface area contributed by atoms with E-state index in [4.69, 9.17) is 4.74 Å². The van der Waals surface area contributed by atoms with E-state index in [0.717, 1.165) is 47.5 Å². The minimum atomic E-state index is 0.0480. The van der Waals surface area contributed by atoms with E-state index in [9.17, 15) is 4.79 Å². The zero-order chi connectivity index (χ0) is 22.1. The molecule has 0 bridgehead atoms. The van der Waals surface area contributed by atoms with Crippen molar-refractivity contribution in [3.63, 3.8) is 0 Å². The van der Waals surface area contributed by atoms with Crippen molar-refractivity contribution < 1.29 is 9.53 Å². The van der Waals surface area contributed by atoms with Gasteiger partial charge < -0.3 is 14.6 Å². The molecule has 1 N–H and O–H groups in total. The highest BCUT2D eigenvalue weighted by molar-refractivity contribution is 5.98. The molecule has 5 nitrogen and oxygen atoms in total. The fraction of sp³-hybridized carbons (Fsp3) is 0.333. The van der Waals surface area contributed by atoms with Gasteiger partial charge in [-0.05, 0) is 79.8 Å². The van der Waals surface area contributed by atoms with E-state index in [1.807, 2.05) is 42.0 Å². The van der Waals surface area contributed by atoms with Crippen LogP contribution in [0.1, 0.15) is 54.1 Å². The second kappa shape index (κ2) is 8.65. The molecule has 0 saturated heterocycles. The SMILES string of the molecule is COc1cc(/C=C(\CC2CC2)C(=O)NC2CCc3ccccc32)ccc1-n1cnc(C)c1. The first-order valence-corrected chi connectivity index (χ1v) is 11.4. The summed E-state index contributed by atoms with van der Waals surface area (Å²) < 4.78 is 7.61. The maximum absolute atomic E-state index is 13.3. The number of benzene rings is 2. The summed E-state index contributed by atoms with van der Waals surface area (Å²) in [6.45, 7) is 1.96. The van der Waals surface area contributed by atoms with E-state index >= 15 is 0 Å². The first kappa shape index (κ1) is 20.6. The van der Waals surface area contributed by atoms with Crippen LogP contribution in [0.25, 0.3) is 11.8 Å². The van der Waals surface area contributed by atoms with Crippen LogP contribution in [0, 0.1) is 12.8 Å². The highest BCUT2D eigenvalue weighted by Gasteiger charge is 2.28. The molecule has 0 aliphatic heterocycles. The van der Waals surface area contributed by atoms with Gasteiger partial charge in [-0.1, -0.05) is 30.3 Å². The first-order chi connectivity index (χ1) is 15.6. The summed E-state index contributed by atoms with van der Waals surface area (Å²) in [5.74, 6) is 1.43. The lowest BCUT2D eigenvalue weighted by Gasteiger charge is -2.16. The number of imidazole rings is 1. The van der Waals surface area contributed by atoms with Gasteiger partial charge in [0.25, 0.3) is 0 Å². The number of carbonyl (C=O) groups excluding carboxylic acids is 1. The fourth-order valence-corrected chi connectivity index (χ4v) is 4.56. The molecule has 32 heavy (non-hydrogen) atoms. The summed E-state index contributed by atoms with van der Waals surface area (Å²) in [6.07, 6.45) is 11.0. The number of methoxy groups -OCH3 is 1. The van der Waals surface area contributed by atoms with Crippen molar-refractivity contribution in [1.29, 1.82) is 0 Å². The lowest BCUT2D eigenvalue weighted by molar-refractivity contribution is -0.118. The second-order valence-corrected chi connectivity index (χ2v) is 8.93. The normalized spacial score (nSPS) is 17.8. The van der Waals surface area contributed by atoms with Gasteiger partial charge in [0.05, 0.1) is 30.9 Å². The number of carbonyl (C=O) groups is 1. The van der Waals surface area contributed by atoms with Crippen molar-refractivity contribution in [1.82, 2.24) is 14.9 Å². The molecule has 1 unspecified atom stereocenters. The Labute approximate surface area is 189 Å². The van der Waals surface area contributed by atoms with E-state index in [1.54, 1.807) is 13.4 Å². The summed E-state index contributed by atoms with van der Waals surface area (Å²) in [7, 11) is 1.67. The molecule has 1 saturated carbocycles. The molecule has 5 heteroatoms. The van der Waals surface area contributed by atoms with Crippen LogP contribution in [0.4, 0.5) is 0 Å². The number of hydrogen-bond donors (Lipinski definition) is 1. The van der Waals surface area contributed by atoms with Crippen molar-refractivity contribution in [3.8, 4) is 11.4 Å². The summed E-state index contributed by atoms with van der Waals surface area (Å²) in [6, 6.07) is 14.6. The molecule has 5 rings (SSSR count). The Hall–Kier alpha value is -3.34. The monoisotopic (exact) mass is 427 g/mol. The zero-order valence-electron chi connectivity index (χ0n) is 18.7. The Kier molecular flexibility index (Phi) is 5.56. The van der Waals surface area contributed by atoms with E-state index in [-0.39, 0.29) is 11.9 Å². The van der Waals surface area contributed by atoms with Gasteiger partial charge in [-0.25, -0.2) is 4.98 Å². The number of hydrogen-bond acceptors (Lipinski definition) is 3. The number of nitrogens with one attached hydrogen (secondary N) is 1. The third-order valence-electron chi connectivity index (χ3n) is 6.47. The molecule has 2 aromatic carbocycles. The first-order valence-electron chi connectivity index (χ1n) is 11.4. The Morgan fingerprint density at radius 3 is 2.81 bits per heavy atom. The van der Waals surface area contributed by atoms with Crippen LogP contribution in [0.2, 0.25) is 0 Å². The predicted molar refractivity (Wildman–Crippen MR) is 126 cm³/mol. The van der Waals surface area contributed by atoms with Crippen molar-refractivity contribution in [2.45, 2.75) is 45.1 Å². The smallest absolute Gasteiger partial charge is 0.247 e. The molecule has 2 aliphatic rings. The minimum absolute atomic E-state index is 0.0480. The van der Waals surface area contributed by atoms with Gasteiger partial charge in [0.1, 0.15) is 5.75 Å². The molecule has 1 heterocycles. The van der Waals surface area contributed by atoms with Crippen molar-refractivity contribution in [3.05, 3.63) is 82.9 Å². The summed E-state index contributed by atoms with van der Waals surface area (Å²) in [5.41, 5.74) is 6.31. The molecule has 1 amide bonds. The van der Waals surface area contributed by atoms with E-state index in [2.05, 4.69) is 34.6 Å². The van der Waals surface area contributed by atoms with Crippen LogP contribution in [0.3, 0.4) is 0 Å². The van der Waals surface area contributed by atoms with Gasteiger partial charge in [-0.2, -0.15) is 0 Å². The second-order valence-electron chi connectivity index (χ2n) is 8.93. The molecular formula is C27H29N3O2. The number of aromatic nitrogens is 2.